The fraction of sp³-hybridized carbons (Fsp3) is 0.333. The largest absolute Gasteiger partial charge is 0.491 e. The summed E-state index contributed by atoms with van der Waals surface area (Å²) in [5.74, 6) is 0.355. The minimum absolute atomic E-state index is 0.00890. The number of carbonyl (C=O) groups is 2. The van der Waals surface area contributed by atoms with Crippen molar-refractivity contribution in [2.45, 2.75) is 32.8 Å². The predicted molar refractivity (Wildman–Crippen MR) is 108 cm³/mol. The molecule has 1 aliphatic rings. The SMILES string of the molecule is CC(C)Oc1ccc(C(=O)N(CN2CCCC2=O)c2ccc([N+](=O)[O-])cc2)cc1. The first-order valence-electron chi connectivity index (χ1n) is 9.46. The number of nitro benzene ring substituents is 1. The van der Waals surface area contributed by atoms with Gasteiger partial charge in [0.25, 0.3) is 11.6 Å². The number of ether oxygens (including phenoxy) is 1. The third kappa shape index (κ3) is 4.90. The zero-order valence-corrected chi connectivity index (χ0v) is 16.4. The van der Waals surface area contributed by atoms with Crippen molar-refractivity contribution in [2.75, 3.05) is 18.1 Å². The van der Waals surface area contributed by atoms with Crippen molar-refractivity contribution < 1.29 is 19.2 Å². The molecule has 0 N–H and O–H groups in total. The molecule has 2 amide bonds. The Labute approximate surface area is 168 Å². The van der Waals surface area contributed by atoms with Gasteiger partial charge in [-0.1, -0.05) is 0 Å². The molecule has 0 spiro atoms. The Balaban J connectivity index is 1.87. The molecule has 0 bridgehead atoms. The van der Waals surface area contributed by atoms with Crippen LogP contribution in [0.25, 0.3) is 0 Å². The number of hydrogen-bond acceptors (Lipinski definition) is 5. The lowest BCUT2D eigenvalue weighted by molar-refractivity contribution is -0.384. The second-order valence-electron chi connectivity index (χ2n) is 7.10. The maximum absolute atomic E-state index is 13.2. The molecule has 1 heterocycles. The van der Waals surface area contributed by atoms with Gasteiger partial charge in [0.2, 0.25) is 5.91 Å². The highest BCUT2D eigenvalue weighted by molar-refractivity contribution is 6.06. The summed E-state index contributed by atoms with van der Waals surface area (Å²) >= 11 is 0. The van der Waals surface area contributed by atoms with Crippen LogP contribution < -0.4 is 9.64 Å². The molecule has 0 aromatic heterocycles. The zero-order valence-electron chi connectivity index (χ0n) is 16.4. The molecule has 2 aromatic rings. The molecule has 0 aliphatic carbocycles. The van der Waals surface area contributed by atoms with Crippen molar-refractivity contribution in [3.05, 3.63) is 64.2 Å². The molecule has 8 heteroatoms. The number of anilines is 1. The highest BCUT2D eigenvalue weighted by Crippen LogP contribution is 2.24. The molecule has 0 unspecified atom stereocenters. The standard InChI is InChI=1S/C21H23N3O5/c1-15(2)29-19-11-5-16(6-12-19)21(26)23(14-22-13-3-4-20(22)25)17-7-9-18(10-8-17)24(27)28/h5-12,15H,3-4,13-14H2,1-2H3. The summed E-state index contributed by atoms with van der Waals surface area (Å²) in [7, 11) is 0. The molecule has 0 saturated carbocycles. The summed E-state index contributed by atoms with van der Waals surface area (Å²) in [6.45, 7) is 4.52. The smallest absolute Gasteiger partial charge is 0.269 e. The van der Waals surface area contributed by atoms with Crippen LogP contribution in [0.2, 0.25) is 0 Å². The summed E-state index contributed by atoms with van der Waals surface area (Å²) in [5, 5.41) is 10.9. The Morgan fingerprint density at radius 2 is 1.83 bits per heavy atom. The van der Waals surface area contributed by atoms with Crippen LogP contribution in [0.3, 0.4) is 0 Å². The molecule has 0 atom stereocenters. The van der Waals surface area contributed by atoms with Crippen LogP contribution in [0, 0.1) is 10.1 Å². The summed E-state index contributed by atoms with van der Waals surface area (Å²) in [6.07, 6.45) is 1.24. The van der Waals surface area contributed by atoms with E-state index in [1.165, 1.54) is 29.2 Å². The van der Waals surface area contributed by atoms with E-state index in [2.05, 4.69) is 0 Å². The number of benzene rings is 2. The van der Waals surface area contributed by atoms with E-state index < -0.39 is 4.92 Å². The van der Waals surface area contributed by atoms with E-state index in [1.807, 2.05) is 13.8 Å². The lowest BCUT2D eigenvalue weighted by Crippen LogP contribution is -2.42. The fourth-order valence-corrected chi connectivity index (χ4v) is 3.15. The van der Waals surface area contributed by atoms with Gasteiger partial charge in [0.05, 0.1) is 11.0 Å². The number of carbonyl (C=O) groups excluding carboxylic acids is 2. The van der Waals surface area contributed by atoms with Crippen LogP contribution in [0.1, 0.15) is 37.0 Å². The molecule has 0 radical (unpaired) electrons. The number of likely N-dealkylation sites (tertiary alicyclic amines) is 1. The summed E-state index contributed by atoms with van der Waals surface area (Å²) < 4.78 is 5.61. The molecule has 1 aliphatic heterocycles. The number of amides is 2. The molecule has 152 valence electrons. The highest BCUT2D eigenvalue weighted by atomic mass is 16.6. The van der Waals surface area contributed by atoms with Crippen LogP contribution >= 0.6 is 0 Å². The van der Waals surface area contributed by atoms with Crippen molar-refractivity contribution >= 4 is 23.2 Å². The first-order valence-corrected chi connectivity index (χ1v) is 9.46. The zero-order chi connectivity index (χ0) is 21.0. The predicted octanol–water partition coefficient (Wildman–Crippen LogP) is 3.61. The van der Waals surface area contributed by atoms with E-state index in [9.17, 15) is 19.7 Å². The Morgan fingerprint density at radius 3 is 2.34 bits per heavy atom. The lowest BCUT2D eigenvalue weighted by atomic mass is 10.1. The monoisotopic (exact) mass is 397 g/mol. The summed E-state index contributed by atoms with van der Waals surface area (Å²) in [4.78, 5) is 38.8. The quantitative estimate of drug-likeness (QED) is 0.526. The van der Waals surface area contributed by atoms with E-state index in [4.69, 9.17) is 4.74 Å². The van der Waals surface area contributed by atoms with Crippen LogP contribution in [-0.2, 0) is 4.79 Å². The molecule has 1 fully saturated rings. The van der Waals surface area contributed by atoms with Crippen molar-refractivity contribution in [3.63, 3.8) is 0 Å². The first kappa shape index (κ1) is 20.3. The van der Waals surface area contributed by atoms with Crippen molar-refractivity contribution in [1.82, 2.24) is 4.90 Å². The van der Waals surface area contributed by atoms with Gasteiger partial charge < -0.3 is 9.64 Å². The Morgan fingerprint density at radius 1 is 1.17 bits per heavy atom. The fourth-order valence-electron chi connectivity index (χ4n) is 3.15. The number of rotatable bonds is 7. The highest BCUT2D eigenvalue weighted by Gasteiger charge is 2.26. The summed E-state index contributed by atoms with van der Waals surface area (Å²) in [5.41, 5.74) is 0.863. The third-order valence-electron chi connectivity index (χ3n) is 4.57. The molecule has 8 nitrogen and oxygen atoms in total. The number of non-ortho nitro benzene ring substituents is 1. The number of nitrogens with zero attached hydrogens (tertiary/aromatic N) is 3. The lowest BCUT2D eigenvalue weighted by Gasteiger charge is -2.28. The Kier molecular flexibility index (Phi) is 6.11. The van der Waals surface area contributed by atoms with Gasteiger partial charge >= 0.3 is 0 Å². The van der Waals surface area contributed by atoms with Gasteiger partial charge in [-0.25, -0.2) is 0 Å². The minimum Gasteiger partial charge on any atom is -0.491 e. The van der Waals surface area contributed by atoms with Crippen molar-refractivity contribution in [3.8, 4) is 5.75 Å². The topological polar surface area (TPSA) is 93.0 Å². The average Bonchev–Trinajstić information content (AvgIpc) is 3.10. The van der Waals surface area contributed by atoms with Crippen LogP contribution in [0.5, 0.6) is 5.75 Å². The molecule has 3 rings (SSSR count). The average molecular weight is 397 g/mol. The Hall–Kier alpha value is -3.42. The van der Waals surface area contributed by atoms with Crippen molar-refractivity contribution in [2.24, 2.45) is 0 Å². The maximum Gasteiger partial charge on any atom is 0.269 e. The maximum atomic E-state index is 13.2. The third-order valence-corrected chi connectivity index (χ3v) is 4.57. The van der Waals surface area contributed by atoms with Gasteiger partial charge in [-0.15, -0.1) is 0 Å². The normalized spacial score (nSPS) is 13.6. The molecular weight excluding hydrogens is 374 g/mol. The van der Waals surface area contributed by atoms with Crippen LogP contribution in [0.15, 0.2) is 48.5 Å². The van der Waals surface area contributed by atoms with Crippen LogP contribution in [0.4, 0.5) is 11.4 Å². The van der Waals surface area contributed by atoms with E-state index >= 15 is 0 Å². The molecule has 29 heavy (non-hydrogen) atoms. The number of nitro groups is 1. The Bertz CT molecular complexity index is 894. The summed E-state index contributed by atoms with van der Waals surface area (Å²) in [6, 6.07) is 12.5. The van der Waals surface area contributed by atoms with Gasteiger partial charge in [-0.2, -0.15) is 0 Å². The number of hydrogen-bond donors (Lipinski definition) is 0. The first-order chi connectivity index (χ1) is 13.8. The van der Waals surface area contributed by atoms with E-state index in [0.29, 0.717) is 30.0 Å². The van der Waals surface area contributed by atoms with Crippen LogP contribution in [-0.4, -0.2) is 41.0 Å². The second-order valence-corrected chi connectivity index (χ2v) is 7.10. The van der Waals surface area contributed by atoms with E-state index in [1.54, 1.807) is 29.2 Å². The van der Waals surface area contributed by atoms with Gasteiger partial charge in [-0.3, -0.25) is 24.6 Å². The van der Waals surface area contributed by atoms with Gasteiger partial charge in [0.1, 0.15) is 12.4 Å². The second kappa shape index (κ2) is 8.72. The van der Waals surface area contributed by atoms with Gasteiger partial charge in [-0.05, 0) is 56.7 Å². The molecule has 2 aromatic carbocycles. The van der Waals surface area contributed by atoms with Gasteiger partial charge in [0, 0.05) is 36.3 Å². The van der Waals surface area contributed by atoms with E-state index in [0.717, 1.165) is 6.42 Å². The van der Waals surface area contributed by atoms with Crippen molar-refractivity contribution in [1.29, 1.82) is 0 Å². The molecular formula is C21H23N3O5. The van der Waals surface area contributed by atoms with E-state index in [-0.39, 0.29) is 30.3 Å². The molecule has 1 saturated heterocycles. The minimum atomic E-state index is -0.493. The van der Waals surface area contributed by atoms with Gasteiger partial charge in [0.15, 0.2) is 0 Å².